The van der Waals surface area contributed by atoms with Crippen LogP contribution < -0.4 is 14.2 Å². The average molecular weight is 538 g/mol. The summed E-state index contributed by atoms with van der Waals surface area (Å²) in [5.74, 6) is -3.66. The summed E-state index contributed by atoms with van der Waals surface area (Å²) in [5, 5.41) is 19.2. The molecule has 1 amide bonds. The molecule has 1 N–H and O–H groups in total. The number of hydrogen-bond acceptors (Lipinski definition) is 8. The number of halogens is 2. The van der Waals surface area contributed by atoms with Crippen molar-refractivity contribution in [2.45, 2.75) is 84.0 Å². The molecule has 210 valence electrons. The number of aliphatic hydroxyl groups is 1. The quantitative estimate of drug-likeness (QED) is 0.505. The molecule has 1 saturated carbocycles. The second kappa shape index (κ2) is 9.98. The third kappa shape index (κ3) is 5.43. The highest BCUT2D eigenvalue weighted by Crippen LogP contribution is 2.55. The zero-order chi connectivity index (χ0) is 27.9. The molecule has 1 aromatic heterocycles. The van der Waals surface area contributed by atoms with Crippen molar-refractivity contribution in [2.75, 3.05) is 20.8 Å². The van der Waals surface area contributed by atoms with Crippen LogP contribution in [0.25, 0.3) is 0 Å². The lowest BCUT2D eigenvalue weighted by atomic mass is 9.58. The highest BCUT2D eigenvalue weighted by Gasteiger charge is 2.65. The van der Waals surface area contributed by atoms with E-state index < -0.39 is 34.3 Å². The van der Waals surface area contributed by atoms with Gasteiger partial charge < -0.3 is 28.6 Å². The number of benzene rings is 1. The van der Waals surface area contributed by atoms with E-state index in [-0.39, 0.29) is 37.8 Å². The summed E-state index contributed by atoms with van der Waals surface area (Å²) in [7, 11) is 3.04. The number of rotatable bonds is 8. The van der Waals surface area contributed by atoms with Crippen LogP contribution in [0.3, 0.4) is 0 Å². The largest absolute Gasteiger partial charge is 0.493 e. The number of likely N-dealkylation sites (tertiary alicyclic amines) is 1. The summed E-state index contributed by atoms with van der Waals surface area (Å²) in [6.45, 7) is 7.44. The molecule has 9 nitrogen and oxygen atoms in total. The lowest BCUT2D eigenvalue weighted by Crippen LogP contribution is -2.62. The Bertz CT molecular complexity index is 1150. The Morgan fingerprint density at radius 2 is 1.76 bits per heavy atom. The van der Waals surface area contributed by atoms with Crippen molar-refractivity contribution < 1.29 is 37.3 Å². The Kier molecular flexibility index (Phi) is 7.37. The lowest BCUT2D eigenvalue weighted by Gasteiger charge is -2.51. The molecule has 4 rings (SSSR count). The molecular weight excluding hydrogens is 500 g/mol. The van der Waals surface area contributed by atoms with E-state index >= 15 is 8.78 Å². The minimum absolute atomic E-state index is 0.0638. The molecule has 2 fully saturated rings. The maximum atomic E-state index is 15.8. The second-order valence-corrected chi connectivity index (χ2v) is 12.0. The number of carbonyl (C=O) groups excluding carboxylic acids is 1. The Labute approximate surface area is 221 Å². The fourth-order valence-electron chi connectivity index (χ4n) is 6.45. The van der Waals surface area contributed by atoms with Crippen LogP contribution in [0, 0.1) is 10.8 Å². The number of alkyl halides is 2. The molecule has 38 heavy (non-hydrogen) atoms. The molecular formula is C27H37F2N3O6. The standard InChI is InChI=1S/C27H37F2N3O6/c1-24(2)14-25(3,4)16-26(34,15-24)27(28,29)23(33)32-11-7-8-18(32)22-31-30-21(38-22)13-37-17-9-10-19(35-5)20(12-17)36-6/h9-10,12,18,34H,7-8,11,13-16H2,1-6H3. The van der Waals surface area contributed by atoms with E-state index in [1.807, 2.05) is 27.7 Å². The van der Waals surface area contributed by atoms with Gasteiger partial charge in [0.1, 0.15) is 17.4 Å². The van der Waals surface area contributed by atoms with E-state index in [1.165, 1.54) is 14.2 Å². The summed E-state index contributed by atoms with van der Waals surface area (Å²) >= 11 is 0. The molecule has 2 heterocycles. The first-order valence-corrected chi connectivity index (χ1v) is 12.8. The van der Waals surface area contributed by atoms with Gasteiger partial charge in [0, 0.05) is 12.6 Å². The van der Waals surface area contributed by atoms with Crippen molar-refractivity contribution in [3.63, 3.8) is 0 Å². The van der Waals surface area contributed by atoms with Crippen molar-refractivity contribution in [3.05, 3.63) is 30.0 Å². The SMILES string of the molecule is COc1ccc(OCc2nnc(C3CCCN3C(=O)C(F)(F)C3(O)CC(C)(C)CC(C)(C)C3)o2)cc1OC. The van der Waals surface area contributed by atoms with E-state index in [0.29, 0.717) is 36.5 Å². The van der Waals surface area contributed by atoms with Crippen LogP contribution in [0.4, 0.5) is 8.78 Å². The van der Waals surface area contributed by atoms with Crippen LogP contribution in [-0.2, 0) is 11.4 Å². The maximum Gasteiger partial charge on any atom is 0.352 e. The number of aromatic nitrogens is 2. The first-order valence-electron chi connectivity index (χ1n) is 12.8. The molecule has 1 aromatic carbocycles. The summed E-state index contributed by atoms with van der Waals surface area (Å²) in [4.78, 5) is 14.4. The van der Waals surface area contributed by atoms with E-state index in [1.54, 1.807) is 18.2 Å². The van der Waals surface area contributed by atoms with Crippen LogP contribution in [0.1, 0.15) is 77.6 Å². The van der Waals surface area contributed by atoms with Gasteiger partial charge in [-0.25, -0.2) is 0 Å². The third-order valence-electron chi connectivity index (χ3n) is 7.35. The minimum Gasteiger partial charge on any atom is -0.493 e. The summed E-state index contributed by atoms with van der Waals surface area (Å²) in [6.07, 6.45) is 1.24. The zero-order valence-electron chi connectivity index (χ0n) is 22.8. The van der Waals surface area contributed by atoms with Crippen molar-refractivity contribution in [1.29, 1.82) is 0 Å². The molecule has 1 atom stereocenters. The van der Waals surface area contributed by atoms with Gasteiger partial charge >= 0.3 is 5.92 Å². The summed E-state index contributed by atoms with van der Waals surface area (Å²) in [6, 6.07) is 4.23. The van der Waals surface area contributed by atoms with Gasteiger partial charge in [0.15, 0.2) is 18.1 Å². The zero-order valence-corrected chi connectivity index (χ0v) is 22.8. The normalized spacial score (nSPS) is 22.2. The fraction of sp³-hybridized carbons (Fsp3) is 0.667. The highest BCUT2D eigenvalue weighted by molar-refractivity contribution is 5.85. The smallest absolute Gasteiger partial charge is 0.352 e. The second-order valence-electron chi connectivity index (χ2n) is 12.0. The molecule has 11 heteroatoms. The van der Waals surface area contributed by atoms with Crippen molar-refractivity contribution in [1.82, 2.24) is 15.1 Å². The predicted molar refractivity (Wildman–Crippen MR) is 133 cm³/mol. The molecule has 1 unspecified atom stereocenters. The van der Waals surface area contributed by atoms with Crippen LogP contribution in [0.2, 0.25) is 0 Å². The third-order valence-corrected chi connectivity index (χ3v) is 7.35. The minimum atomic E-state index is -3.97. The van der Waals surface area contributed by atoms with Crippen LogP contribution in [0.15, 0.2) is 22.6 Å². The number of carbonyl (C=O) groups is 1. The van der Waals surface area contributed by atoms with Crippen LogP contribution >= 0.6 is 0 Å². The molecule has 0 bridgehead atoms. The van der Waals surface area contributed by atoms with E-state index in [9.17, 15) is 9.90 Å². The fourth-order valence-corrected chi connectivity index (χ4v) is 6.45. The number of hydrogen-bond donors (Lipinski definition) is 1. The van der Waals surface area contributed by atoms with Crippen molar-refractivity contribution >= 4 is 5.91 Å². The molecule has 2 aliphatic rings. The first-order chi connectivity index (χ1) is 17.7. The topological polar surface area (TPSA) is 107 Å². The Balaban J connectivity index is 1.48. The number of ether oxygens (including phenoxy) is 3. The lowest BCUT2D eigenvalue weighted by molar-refractivity contribution is -0.231. The van der Waals surface area contributed by atoms with Crippen LogP contribution in [0.5, 0.6) is 17.2 Å². The number of nitrogens with zero attached hydrogens (tertiary/aromatic N) is 3. The van der Waals surface area contributed by atoms with Gasteiger partial charge in [0.05, 0.1) is 14.2 Å². The van der Waals surface area contributed by atoms with Crippen LogP contribution in [-0.4, -0.2) is 58.4 Å². The number of methoxy groups -OCH3 is 2. The summed E-state index contributed by atoms with van der Waals surface area (Å²) in [5.41, 5.74) is -3.53. The molecule has 1 saturated heterocycles. The van der Waals surface area contributed by atoms with E-state index in [2.05, 4.69) is 10.2 Å². The number of amides is 1. The predicted octanol–water partition coefficient (Wildman–Crippen LogP) is 4.93. The van der Waals surface area contributed by atoms with Gasteiger partial charge in [-0.15, -0.1) is 10.2 Å². The van der Waals surface area contributed by atoms with Crippen molar-refractivity contribution in [3.8, 4) is 17.2 Å². The monoisotopic (exact) mass is 537 g/mol. The highest BCUT2D eigenvalue weighted by atomic mass is 19.3. The van der Waals surface area contributed by atoms with E-state index in [4.69, 9.17) is 18.6 Å². The van der Waals surface area contributed by atoms with Gasteiger partial charge in [0.25, 0.3) is 11.8 Å². The molecule has 1 aliphatic carbocycles. The average Bonchev–Trinajstić information content (AvgIpc) is 3.49. The summed E-state index contributed by atoms with van der Waals surface area (Å²) < 4.78 is 53.5. The van der Waals surface area contributed by atoms with E-state index in [0.717, 1.165) is 4.90 Å². The molecule has 1 aliphatic heterocycles. The molecule has 0 radical (unpaired) electrons. The van der Waals surface area contributed by atoms with Gasteiger partial charge in [0.2, 0.25) is 5.89 Å². The van der Waals surface area contributed by atoms with Gasteiger partial charge in [-0.2, -0.15) is 8.78 Å². The Hall–Kier alpha value is -2.95. The Morgan fingerprint density at radius 3 is 2.39 bits per heavy atom. The van der Waals surface area contributed by atoms with Gasteiger partial charge in [-0.05, 0) is 55.1 Å². The first kappa shape index (κ1) is 28.1. The van der Waals surface area contributed by atoms with Gasteiger partial charge in [-0.3, -0.25) is 4.79 Å². The molecule has 0 spiro atoms. The molecule has 2 aromatic rings. The van der Waals surface area contributed by atoms with Crippen molar-refractivity contribution in [2.24, 2.45) is 10.8 Å². The van der Waals surface area contributed by atoms with Gasteiger partial charge in [-0.1, -0.05) is 27.7 Å². The Morgan fingerprint density at radius 1 is 1.11 bits per heavy atom. The maximum absolute atomic E-state index is 15.8.